The van der Waals surface area contributed by atoms with Crippen molar-refractivity contribution in [3.8, 4) is 0 Å². The number of benzene rings is 1. The van der Waals surface area contributed by atoms with E-state index in [1.165, 1.54) is 0 Å². The second kappa shape index (κ2) is 5.97. The number of aliphatic hydroxyl groups excluding tert-OH is 1. The van der Waals surface area contributed by atoms with E-state index in [0.29, 0.717) is 6.54 Å². The number of nitrogens with two attached hydrogens (primary N) is 1. The fourth-order valence-corrected chi connectivity index (χ4v) is 0.905. The van der Waals surface area contributed by atoms with Crippen LogP contribution in [0.4, 0.5) is 0 Å². The van der Waals surface area contributed by atoms with Crippen LogP contribution in [0.3, 0.4) is 0 Å². The monoisotopic (exact) mass is 188 g/mol. The molecule has 0 heterocycles. The summed E-state index contributed by atoms with van der Waals surface area (Å²) < 4.78 is 0. The van der Waals surface area contributed by atoms with Gasteiger partial charge in [-0.25, -0.2) is 0 Å². The van der Waals surface area contributed by atoms with E-state index in [1.807, 2.05) is 30.3 Å². The van der Waals surface area contributed by atoms with Crippen LogP contribution in [0.5, 0.6) is 0 Å². The van der Waals surface area contributed by atoms with E-state index in [-0.39, 0.29) is 12.4 Å². The van der Waals surface area contributed by atoms with Gasteiger partial charge in [-0.3, -0.25) is 11.3 Å². The Labute approximate surface area is 78.0 Å². The van der Waals surface area contributed by atoms with Crippen molar-refractivity contribution in [1.82, 2.24) is 5.43 Å². The first-order valence-electron chi connectivity index (χ1n) is 3.51. The molecule has 4 heteroatoms. The summed E-state index contributed by atoms with van der Waals surface area (Å²) in [5.74, 6) is 5.06. The lowest BCUT2D eigenvalue weighted by Gasteiger charge is -2.08. The highest BCUT2D eigenvalue weighted by atomic mass is 35.5. The summed E-state index contributed by atoms with van der Waals surface area (Å²) in [6.45, 7) is 0.379. The van der Waals surface area contributed by atoms with Crippen molar-refractivity contribution in [2.75, 3.05) is 6.54 Å². The van der Waals surface area contributed by atoms with E-state index in [1.54, 1.807) is 0 Å². The third-order valence-electron chi connectivity index (χ3n) is 1.50. The van der Waals surface area contributed by atoms with Crippen LogP contribution in [-0.4, -0.2) is 11.7 Å². The Bertz CT molecular complexity index is 205. The van der Waals surface area contributed by atoms with E-state index >= 15 is 0 Å². The van der Waals surface area contributed by atoms with Gasteiger partial charge in [0.2, 0.25) is 0 Å². The number of hydrogen-bond acceptors (Lipinski definition) is 3. The summed E-state index contributed by atoms with van der Waals surface area (Å²) in [5, 5.41) is 9.38. The fourth-order valence-electron chi connectivity index (χ4n) is 0.905. The molecular weight excluding hydrogens is 176 g/mol. The van der Waals surface area contributed by atoms with E-state index in [2.05, 4.69) is 5.43 Å². The van der Waals surface area contributed by atoms with Crippen molar-refractivity contribution in [1.29, 1.82) is 0 Å². The quantitative estimate of drug-likeness (QED) is 0.481. The van der Waals surface area contributed by atoms with E-state index in [9.17, 15) is 5.11 Å². The number of aliphatic hydroxyl groups is 1. The molecule has 4 N–H and O–H groups in total. The molecule has 0 saturated carbocycles. The van der Waals surface area contributed by atoms with E-state index in [4.69, 9.17) is 5.84 Å². The highest BCUT2D eigenvalue weighted by molar-refractivity contribution is 5.85. The zero-order chi connectivity index (χ0) is 8.10. The number of halogens is 1. The summed E-state index contributed by atoms with van der Waals surface area (Å²) in [6, 6.07) is 9.40. The zero-order valence-electron chi connectivity index (χ0n) is 6.60. The van der Waals surface area contributed by atoms with Gasteiger partial charge in [0, 0.05) is 6.54 Å². The molecule has 1 aromatic carbocycles. The maximum Gasteiger partial charge on any atom is 0.0928 e. The molecule has 0 amide bonds. The molecule has 1 aromatic rings. The Kier molecular flexibility index (Phi) is 5.66. The van der Waals surface area contributed by atoms with Gasteiger partial charge in [0.1, 0.15) is 0 Å². The van der Waals surface area contributed by atoms with Crippen molar-refractivity contribution < 1.29 is 5.11 Å². The molecule has 1 rings (SSSR count). The second-order valence-corrected chi connectivity index (χ2v) is 2.33. The fraction of sp³-hybridized carbons (Fsp3) is 0.250. The van der Waals surface area contributed by atoms with E-state index < -0.39 is 6.10 Å². The summed E-state index contributed by atoms with van der Waals surface area (Å²) >= 11 is 0. The van der Waals surface area contributed by atoms with Crippen LogP contribution >= 0.6 is 12.4 Å². The maximum absolute atomic E-state index is 9.38. The Morgan fingerprint density at radius 2 is 1.92 bits per heavy atom. The average molecular weight is 189 g/mol. The number of hydrazine groups is 1. The molecule has 1 atom stereocenters. The summed E-state index contributed by atoms with van der Waals surface area (Å²) in [4.78, 5) is 0. The van der Waals surface area contributed by atoms with Crippen LogP contribution in [0, 0.1) is 0 Å². The van der Waals surface area contributed by atoms with Crippen molar-refractivity contribution in [2.45, 2.75) is 6.10 Å². The van der Waals surface area contributed by atoms with Crippen LogP contribution in [0.15, 0.2) is 30.3 Å². The average Bonchev–Trinajstić information content (AvgIpc) is 2.07. The third-order valence-corrected chi connectivity index (χ3v) is 1.50. The minimum Gasteiger partial charge on any atom is -0.387 e. The molecular formula is C8H13ClN2O. The highest BCUT2D eigenvalue weighted by Gasteiger charge is 2.03. The van der Waals surface area contributed by atoms with Crippen LogP contribution in [0.1, 0.15) is 11.7 Å². The minimum absolute atomic E-state index is 0. The molecule has 0 bridgehead atoms. The molecule has 3 nitrogen and oxygen atoms in total. The lowest BCUT2D eigenvalue weighted by molar-refractivity contribution is 0.175. The molecule has 12 heavy (non-hydrogen) atoms. The number of nitrogens with one attached hydrogen (secondary N) is 1. The molecule has 1 unspecified atom stereocenters. The van der Waals surface area contributed by atoms with Gasteiger partial charge in [-0.05, 0) is 5.56 Å². The number of rotatable bonds is 3. The molecule has 0 saturated heterocycles. The maximum atomic E-state index is 9.38. The predicted octanol–water partition coefficient (Wildman–Crippen LogP) is 0.605. The molecule has 0 aliphatic heterocycles. The predicted molar refractivity (Wildman–Crippen MR) is 50.8 cm³/mol. The normalized spacial score (nSPS) is 11.8. The van der Waals surface area contributed by atoms with E-state index in [0.717, 1.165) is 5.56 Å². The van der Waals surface area contributed by atoms with Crippen LogP contribution in [-0.2, 0) is 0 Å². The standard InChI is InChI=1S/C8H12N2O.ClH/c9-10-6-8(11)7-4-2-1-3-5-7;/h1-5,8,10-11H,6,9H2;1H. The van der Waals surface area contributed by atoms with Gasteiger partial charge in [-0.15, -0.1) is 12.4 Å². The zero-order valence-corrected chi connectivity index (χ0v) is 7.42. The topological polar surface area (TPSA) is 58.3 Å². The van der Waals surface area contributed by atoms with Crippen LogP contribution < -0.4 is 11.3 Å². The SMILES string of the molecule is Cl.NNCC(O)c1ccccc1. The van der Waals surface area contributed by atoms with Crippen LogP contribution in [0.25, 0.3) is 0 Å². The number of hydrogen-bond donors (Lipinski definition) is 3. The smallest absolute Gasteiger partial charge is 0.0928 e. The Morgan fingerprint density at radius 3 is 2.42 bits per heavy atom. The third kappa shape index (κ3) is 3.19. The first-order valence-corrected chi connectivity index (χ1v) is 3.51. The lowest BCUT2D eigenvalue weighted by atomic mass is 10.1. The second-order valence-electron chi connectivity index (χ2n) is 2.33. The van der Waals surface area contributed by atoms with Crippen molar-refractivity contribution >= 4 is 12.4 Å². The van der Waals surface area contributed by atoms with Crippen molar-refractivity contribution in [3.05, 3.63) is 35.9 Å². The van der Waals surface area contributed by atoms with Gasteiger partial charge in [0.25, 0.3) is 0 Å². The molecule has 0 aromatic heterocycles. The minimum atomic E-state index is -0.513. The van der Waals surface area contributed by atoms with Gasteiger partial charge in [-0.1, -0.05) is 30.3 Å². The molecule has 0 fully saturated rings. The Balaban J connectivity index is 0.00000121. The molecule has 0 spiro atoms. The van der Waals surface area contributed by atoms with Gasteiger partial charge < -0.3 is 5.11 Å². The Morgan fingerprint density at radius 1 is 1.33 bits per heavy atom. The lowest BCUT2D eigenvalue weighted by Crippen LogP contribution is -2.27. The van der Waals surface area contributed by atoms with Gasteiger partial charge in [0.15, 0.2) is 0 Å². The molecule has 68 valence electrons. The first kappa shape index (κ1) is 11.4. The van der Waals surface area contributed by atoms with Crippen molar-refractivity contribution in [2.24, 2.45) is 5.84 Å². The summed E-state index contributed by atoms with van der Waals surface area (Å²) in [7, 11) is 0. The molecule has 0 aliphatic carbocycles. The van der Waals surface area contributed by atoms with Crippen molar-refractivity contribution in [3.63, 3.8) is 0 Å². The van der Waals surface area contributed by atoms with Crippen LogP contribution in [0.2, 0.25) is 0 Å². The summed E-state index contributed by atoms with van der Waals surface area (Å²) in [5.41, 5.74) is 3.30. The summed E-state index contributed by atoms with van der Waals surface area (Å²) in [6.07, 6.45) is -0.513. The van der Waals surface area contributed by atoms with Gasteiger partial charge in [-0.2, -0.15) is 0 Å². The largest absolute Gasteiger partial charge is 0.387 e. The molecule has 0 radical (unpaired) electrons. The van der Waals surface area contributed by atoms with Gasteiger partial charge >= 0.3 is 0 Å². The Hall–Kier alpha value is -0.610. The van der Waals surface area contributed by atoms with Gasteiger partial charge in [0.05, 0.1) is 6.10 Å². The first-order chi connectivity index (χ1) is 5.34. The highest BCUT2D eigenvalue weighted by Crippen LogP contribution is 2.09. The molecule has 0 aliphatic rings.